The zero-order valence-electron chi connectivity index (χ0n) is 8.48. The molecule has 3 heteroatoms. The van der Waals surface area contributed by atoms with Gasteiger partial charge in [-0.05, 0) is 25.7 Å². The number of allylic oxidation sites excluding steroid dienone is 1. The number of hydrogen-bond acceptors (Lipinski definition) is 2. The number of amides is 1. The van der Waals surface area contributed by atoms with Gasteiger partial charge in [0, 0.05) is 19.1 Å². The number of likely N-dealkylation sites (tertiary alicyclic amines) is 1. The van der Waals surface area contributed by atoms with Gasteiger partial charge in [-0.2, -0.15) is 0 Å². The fraction of sp³-hybridized carbons (Fsp3) is 0.727. The molecule has 1 amide bonds. The molecular weight excluding hydrogens is 176 g/mol. The molecule has 3 nitrogen and oxygen atoms in total. The molecule has 1 aliphatic heterocycles. The lowest BCUT2D eigenvalue weighted by atomic mass is 9.88. The summed E-state index contributed by atoms with van der Waals surface area (Å²) in [6, 6.07) is 0.0353. The zero-order valence-corrected chi connectivity index (χ0v) is 8.48. The van der Waals surface area contributed by atoms with Gasteiger partial charge < -0.3 is 10.6 Å². The Morgan fingerprint density at radius 2 is 1.86 bits per heavy atom. The number of nitrogens with zero attached hydrogens (tertiary/aromatic N) is 1. The van der Waals surface area contributed by atoms with E-state index < -0.39 is 0 Å². The van der Waals surface area contributed by atoms with Crippen LogP contribution in [0, 0.1) is 5.92 Å². The van der Waals surface area contributed by atoms with Crippen molar-refractivity contribution in [3.8, 4) is 0 Å². The lowest BCUT2D eigenvalue weighted by Crippen LogP contribution is -2.43. The largest absolute Gasteiger partial charge is 0.342 e. The molecule has 0 aromatic rings. The van der Waals surface area contributed by atoms with Crippen LogP contribution in [-0.4, -0.2) is 29.9 Å². The normalized spacial score (nSPS) is 32.2. The summed E-state index contributed by atoms with van der Waals surface area (Å²) in [6.45, 7) is 1.87. The van der Waals surface area contributed by atoms with Crippen molar-refractivity contribution in [2.75, 3.05) is 13.1 Å². The van der Waals surface area contributed by atoms with Crippen molar-refractivity contribution in [1.29, 1.82) is 0 Å². The van der Waals surface area contributed by atoms with E-state index in [0.717, 1.165) is 38.8 Å². The van der Waals surface area contributed by atoms with Crippen molar-refractivity contribution in [3.63, 3.8) is 0 Å². The zero-order chi connectivity index (χ0) is 9.97. The first-order valence-corrected chi connectivity index (χ1v) is 5.48. The van der Waals surface area contributed by atoms with Crippen molar-refractivity contribution < 1.29 is 4.79 Å². The van der Waals surface area contributed by atoms with Crippen LogP contribution in [0.5, 0.6) is 0 Å². The standard InChI is InChI=1S/C11H18N2O/c12-10-6-2-1-5-9(10)11(14)13-7-3-4-8-13/h1-2,9-10H,3-8,12H2/t9-,10-/m1/s1. The molecule has 1 fully saturated rings. The number of rotatable bonds is 1. The Kier molecular flexibility index (Phi) is 2.87. The number of carbonyl (C=O) groups excluding carboxylic acids is 1. The predicted octanol–water partition coefficient (Wildman–Crippen LogP) is 0.902. The topological polar surface area (TPSA) is 46.3 Å². The second-order valence-corrected chi connectivity index (χ2v) is 4.25. The van der Waals surface area contributed by atoms with Crippen LogP contribution in [-0.2, 0) is 4.79 Å². The summed E-state index contributed by atoms with van der Waals surface area (Å²) < 4.78 is 0. The molecule has 1 aliphatic carbocycles. The third-order valence-electron chi connectivity index (χ3n) is 3.22. The summed E-state index contributed by atoms with van der Waals surface area (Å²) in [4.78, 5) is 14.0. The van der Waals surface area contributed by atoms with Gasteiger partial charge in [0.25, 0.3) is 0 Å². The van der Waals surface area contributed by atoms with Gasteiger partial charge in [0.05, 0.1) is 5.92 Å². The third-order valence-corrected chi connectivity index (χ3v) is 3.22. The highest BCUT2D eigenvalue weighted by molar-refractivity contribution is 5.80. The van der Waals surface area contributed by atoms with E-state index in [-0.39, 0.29) is 17.9 Å². The molecule has 78 valence electrons. The van der Waals surface area contributed by atoms with Crippen LogP contribution in [0.4, 0.5) is 0 Å². The van der Waals surface area contributed by atoms with E-state index in [4.69, 9.17) is 5.73 Å². The van der Waals surface area contributed by atoms with E-state index in [1.165, 1.54) is 0 Å². The molecule has 0 saturated carbocycles. The van der Waals surface area contributed by atoms with Crippen molar-refractivity contribution in [3.05, 3.63) is 12.2 Å². The van der Waals surface area contributed by atoms with Crippen LogP contribution in [0.15, 0.2) is 12.2 Å². The molecule has 2 N–H and O–H groups in total. The Hall–Kier alpha value is -0.830. The smallest absolute Gasteiger partial charge is 0.227 e. The highest BCUT2D eigenvalue weighted by atomic mass is 16.2. The van der Waals surface area contributed by atoms with Gasteiger partial charge in [0.2, 0.25) is 5.91 Å². The Labute approximate surface area is 84.9 Å². The van der Waals surface area contributed by atoms with Gasteiger partial charge in [-0.3, -0.25) is 4.79 Å². The third kappa shape index (κ3) is 1.82. The average Bonchev–Trinajstić information content (AvgIpc) is 2.70. The molecular formula is C11H18N2O. The number of nitrogens with two attached hydrogens (primary N) is 1. The molecule has 0 spiro atoms. The van der Waals surface area contributed by atoms with E-state index in [1.54, 1.807) is 0 Å². The fourth-order valence-electron chi connectivity index (χ4n) is 2.29. The van der Waals surface area contributed by atoms with Crippen LogP contribution < -0.4 is 5.73 Å². The maximum atomic E-state index is 12.0. The summed E-state index contributed by atoms with van der Waals surface area (Å²) in [5.41, 5.74) is 5.95. The highest BCUT2D eigenvalue weighted by Gasteiger charge is 2.30. The van der Waals surface area contributed by atoms with Crippen molar-refractivity contribution >= 4 is 5.91 Å². The first-order valence-electron chi connectivity index (χ1n) is 5.48. The molecule has 2 atom stereocenters. The van der Waals surface area contributed by atoms with Crippen LogP contribution in [0.25, 0.3) is 0 Å². The molecule has 1 heterocycles. The Morgan fingerprint density at radius 1 is 1.21 bits per heavy atom. The molecule has 0 bridgehead atoms. The van der Waals surface area contributed by atoms with Crippen molar-refractivity contribution in [1.82, 2.24) is 4.90 Å². The van der Waals surface area contributed by atoms with Crippen LogP contribution in [0.1, 0.15) is 25.7 Å². The van der Waals surface area contributed by atoms with Gasteiger partial charge in [-0.1, -0.05) is 12.2 Å². The summed E-state index contributed by atoms with van der Waals surface area (Å²) >= 11 is 0. The molecule has 14 heavy (non-hydrogen) atoms. The van der Waals surface area contributed by atoms with E-state index in [0.29, 0.717) is 0 Å². The first kappa shape index (κ1) is 9.71. The van der Waals surface area contributed by atoms with Crippen molar-refractivity contribution in [2.45, 2.75) is 31.7 Å². The summed E-state index contributed by atoms with van der Waals surface area (Å²) in [6.07, 6.45) is 8.16. The van der Waals surface area contributed by atoms with E-state index in [9.17, 15) is 4.79 Å². The molecule has 2 aliphatic rings. The lowest BCUT2D eigenvalue weighted by Gasteiger charge is -2.28. The lowest BCUT2D eigenvalue weighted by molar-refractivity contribution is -0.135. The van der Waals surface area contributed by atoms with Gasteiger partial charge in [0.15, 0.2) is 0 Å². The fourth-order valence-corrected chi connectivity index (χ4v) is 2.29. The molecule has 0 aromatic carbocycles. The molecule has 0 unspecified atom stereocenters. The van der Waals surface area contributed by atoms with Crippen LogP contribution in [0.2, 0.25) is 0 Å². The van der Waals surface area contributed by atoms with Gasteiger partial charge in [0.1, 0.15) is 0 Å². The number of carbonyl (C=O) groups is 1. The maximum Gasteiger partial charge on any atom is 0.227 e. The molecule has 0 aromatic heterocycles. The van der Waals surface area contributed by atoms with E-state index >= 15 is 0 Å². The molecule has 1 saturated heterocycles. The second-order valence-electron chi connectivity index (χ2n) is 4.25. The Bertz CT molecular complexity index is 244. The average molecular weight is 194 g/mol. The quantitative estimate of drug-likeness (QED) is 0.630. The monoisotopic (exact) mass is 194 g/mol. The molecule has 2 rings (SSSR count). The SMILES string of the molecule is N[C@@H]1CC=CC[C@H]1C(=O)N1CCCC1. The minimum absolute atomic E-state index is 0.0353. The van der Waals surface area contributed by atoms with E-state index in [2.05, 4.69) is 12.2 Å². The van der Waals surface area contributed by atoms with E-state index in [1.807, 2.05) is 4.90 Å². The summed E-state index contributed by atoms with van der Waals surface area (Å²) in [5, 5.41) is 0. The first-order chi connectivity index (χ1) is 6.79. The Morgan fingerprint density at radius 3 is 2.50 bits per heavy atom. The summed E-state index contributed by atoms with van der Waals surface area (Å²) in [5.74, 6) is 0.317. The minimum atomic E-state index is 0.0353. The predicted molar refractivity (Wildman–Crippen MR) is 55.7 cm³/mol. The van der Waals surface area contributed by atoms with Crippen molar-refractivity contribution in [2.24, 2.45) is 11.7 Å². The van der Waals surface area contributed by atoms with Crippen LogP contribution in [0.3, 0.4) is 0 Å². The molecule has 0 radical (unpaired) electrons. The number of hydrogen-bond donors (Lipinski definition) is 1. The summed E-state index contributed by atoms with van der Waals surface area (Å²) in [7, 11) is 0. The second kappa shape index (κ2) is 4.13. The van der Waals surface area contributed by atoms with Gasteiger partial charge in [-0.15, -0.1) is 0 Å². The highest BCUT2D eigenvalue weighted by Crippen LogP contribution is 2.22. The van der Waals surface area contributed by atoms with Gasteiger partial charge >= 0.3 is 0 Å². The van der Waals surface area contributed by atoms with Gasteiger partial charge in [-0.25, -0.2) is 0 Å². The Balaban J connectivity index is 1.99. The minimum Gasteiger partial charge on any atom is -0.342 e. The maximum absolute atomic E-state index is 12.0. The van der Waals surface area contributed by atoms with Crippen LogP contribution >= 0.6 is 0 Å².